The Morgan fingerprint density at radius 1 is 1.08 bits per heavy atom. The highest BCUT2D eigenvalue weighted by Crippen LogP contribution is 2.23. The predicted octanol–water partition coefficient (Wildman–Crippen LogP) is 1.14. The van der Waals surface area contributed by atoms with Crippen molar-refractivity contribution in [3.8, 4) is 0 Å². The van der Waals surface area contributed by atoms with E-state index in [1.165, 1.54) is 6.42 Å². The van der Waals surface area contributed by atoms with E-state index < -0.39 is 0 Å². The number of hydrogen-bond acceptors (Lipinski definition) is 4. The monoisotopic (exact) mass is 347 g/mol. The Morgan fingerprint density at radius 3 is 2.52 bits per heavy atom. The van der Waals surface area contributed by atoms with Crippen molar-refractivity contribution in [2.24, 2.45) is 0 Å². The largest absolute Gasteiger partial charge is 0.348 e. The highest BCUT2D eigenvalue weighted by molar-refractivity contribution is 5.97. The van der Waals surface area contributed by atoms with Crippen molar-refractivity contribution in [1.29, 1.82) is 0 Å². The third-order valence-corrected chi connectivity index (χ3v) is 5.01. The lowest BCUT2D eigenvalue weighted by Gasteiger charge is -2.26. The number of rotatable bonds is 5. The number of likely N-dealkylation sites (tertiary alicyclic amines) is 1. The van der Waals surface area contributed by atoms with Crippen LogP contribution >= 0.6 is 0 Å². The van der Waals surface area contributed by atoms with Crippen molar-refractivity contribution < 1.29 is 9.59 Å². The molecular weight excluding hydrogens is 318 g/mol. The molecule has 1 saturated heterocycles. The molecule has 3 rings (SSSR count). The van der Waals surface area contributed by atoms with Crippen LogP contribution in [0.25, 0.3) is 0 Å². The van der Waals surface area contributed by atoms with Gasteiger partial charge in [-0.2, -0.15) is 0 Å². The van der Waals surface area contributed by atoms with Crippen molar-refractivity contribution in [3.63, 3.8) is 0 Å². The van der Waals surface area contributed by atoms with Gasteiger partial charge in [-0.1, -0.05) is 0 Å². The highest BCUT2D eigenvalue weighted by atomic mass is 16.2. The number of hydrogen-bond donors (Lipinski definition) is 1. The maximum absolute atomic E-state index is 12.9. The molecule has 7 heteroatoms. The van der Waals surface area contributed by atoms with E-state index in [0.29, 0.717) is 18.1 Å². The molecule has 2 amide bonds. The average molecular weight is 347 g/mol. The number of nitrogens with one attached hydrogen (secondary N) is 1. The third-order valence-electron chi connectivity index (χ3n) is 5.01. The molecule has 0 bridgehead atoms. The van der Waals surface area contributed by atoms with Crippen LogP contribution in [0.2, 0.25) is 0 Å². The molecule has 0 aliphatic carbocycles. The summed E-state index contributed by atoms with van der Waals surface area (Å²) >= 11 is 0. The lowest BCUT2D eigenvalue weighted by Crippen LogP contribution is -2.36. The van der Waals surface area contributed by atoms with E-state index >= 15 is 0 Å². The van der Waals surface area contributed by atoms with Crippen molar-refractivity contribution in [3.05, 3.63) is 17.2 Å². The summed E-state index contributed by atoms with van der Waals surface area (Å²) in [5.74, 6) is 0.217. The van der Waals surface area contributed by atoms with Crippen LogP contribution in [0.3, 0.4) is 0 Å². The summed E-state index contributed by atoms with van der Waals surface area (Å²) in [4.78, 5) is 33.9. The molecule has 1 aromatic heterocycles. The summed E-state index contributed by atoms with van der Waals surface area (Å²) in [5, 5.41) is 2.92. The Hall–Kier alpha value is -1.89. The molecule has 0 saturated carbocycles. The Labute approximate surface area is 149 Å². The van der Waals surface area contributed by atoms with Crippen LogP contribution in [-0.2, 0) is 13.0 Å². The van der Waals surface area contributed by atoms with Gasteiger partial charge in [0.1, 0.15) is 5.69 Å². The topological polar surface area (TPSA) is 70.5 Å². The molecule has 0 spiro atoms. The minimum absolute atomic E-state index is 0.00214. The van der Waals surface area contributed by atoms with E-state index in [1.807, 2.05) is 28.5 Å². The normalized spacial score (nSPS) is 17.5. The lowest BCUT2D eigenvalue weighted by atomic mass is 10.1. The minimum Gasteiger partial charge on any atom is -0.348 e. The van der Waals surface area contributed by atoms with Gasteiger partial charge in [0.05, 0.1) is 5.69 Å². The molecule has 3 heterocycles. The number of nitrogens with zero attached hydrogens (tertiary/aromatic N) is 4. The third kappa shape index (κ3) is 4.03. The second-order valence-corrected chi connectivity index (χ2v) is 7.25. The van der Waals surface area contributed by atoms with Gasteiger partial charge in [-0.3, -0.25) is 9.59 Å². The SMILES string of the molecule is CN(C)CCNC(=O)c1nc(C(=O)N2CCCCC2)c2n1CCCC2. The standard InChI is InChI=1S/C18H29N5O2/c1-21(2)13-9-19-17(24)16-20-15(14-8-4-7-12-23(14)16)18(25)22-10-5-3-6-11-22/h3-13H2,1-2H3,(H,19,24). The zero-order valence-electron chi connectivity index (χ0n) is 15.4. The maximum Gasteiger partial charge on any atom is 0.287 e. The zero-order chi connectivity index (χ0) is 17.8. The van der Waals surface area contributed by atoms with Gasteiger partial charge in [0.25, 0.3) is 11.8 Å². The number of fused-ring (bicyclic) bond motifs is 1. The van der Waals surface area contributed by atoms with Crippen LogP contribution < -0.4 is 5.32 Å². The maximum atomic E-state index is 12.9. The first-order valence-electron chi connectivity index (χ1n) is 9.39. The number of amides is 2. The van der Waals surface area contributed by atoms with Crippen LogP contribution in [0.4, 0.5) is 0 Å². The second kappa shape index (κ2) is 7.99. The van der Waals surface area contributed by atoms with Gasteiger partial charge in [0, 0.05) is 32.7 Å². The average Bonchev–Trinajstić information content (AvgIpc) is 3.01. The Balaban J connectivity index is 1.80. The van der Waals surface area contributed by atoms with Gasteiger partial charge in [0.2, 0.25) is 0 Å². The number of carbonyl (C=O) groups is 2. The lowest BCUT2D eigenvalue weighted by molar-refractivity contribution is 0.0717. The quantitative estimate of drug-likeness (QED) is 0.867. The van der Waals surface area contributed by atoms with E-state index in [2.05, 4.69) is 10.3 Å². The van der Waals surface area contributed by atoms with E-state index in [1.54, 1.807) is 0 Å². The van der Waals surface area contributed by atoms with Crippen LogP contribution in [0, 0.1) is 0 Å². The molecule has 0 radical (unpaired) electrons. The van der Waals surface area contributed by atoms with Gasteiger partial charge in [-0.25, -0.2) is 4.98 Å². The van der Waals surface area contributed by atoms with Crippen molar-refractivity contribution in [2.75, 3.05) is 40.3 Å². The summed E-state index contributed by atoms with van der Waals surface area (Å²) in [6, 6.07) is 0. The molecule has 1 fully saturated rings. The number of aromatic nitrogens is 2. The van der Waals surface area contributed by atoms with E-state index in [9.17, 15) is 9.59 Å². The van der Waals surface area contributed by atoms with Crippen molar-refractivity contribution >= 4 is 11.8 Å². The molecule has 1 aromatic rings. The molecule has 1 N–H and O–H groups in total. The zero-order valence-corrected chi connectivity index (χ0v) is 15.4. The number of imidazole rings is 1. The highest BCUT2D eigenvalue weighted by Gasteiger charge is 2.30. The summed E-state index contributed by atoms with van der Waals surface area (Å²) in [6.07, 6.45) is 6.20. The summed E-state index contributed by atoms with van der Waals surface area (Å²) in [5.41, 5.74) is 1.44. The van der Waals surface area contributed by atoms with Crippen LogP contribution in [0.15, 0.2) is 0 Å². The van der Waals surface area contributed by atoms with Crippen molar-refractivity contribution in [2.45, 2.75) is 45.1 Å². The number of piperidine rings is 1. The van der Waals surface area contributed by atoms with Crippen LogP contribution in [0.5, 0.6) is 0 Å². The fourth-order valence-corrected chi connectivity index (χ4v) is 3.61. The van der Waals surface area contributed by atoms with E-state index in [0.717, 1.165) is 64.0 Å². The number of carbonyl (C=O) groups excluding carboxylic acids is 2. The first kappa shape index (κ1) is 17.9. The van der Waals surface area contributed by atoms with Crippen LogP contribution in [-0.4, -0.2) is 71.4 Å². The molecule has 0 unspecified atom stereocenters. The Morgan fingerprint density at radius 2 is 1.80 bits per heavy atom. The molecule has 2 aliphatic heterocycles. The van der Waals surface area contributed by atoms with Gasteiger partial charge in [-0.15, -0.1) is 0 Å². The molecule has 25 heavy (non-hydrogen) atoms. The first-order chi connectivity index (χ1) is 12.1. The van der Waals surface area contributed by atoms with Gasteiger partial charge >= 0.3 is 0 Å². The minimum atomic E-state index is -0.178. The molecule has 138 valence electrons. The summed E-state index contributed by atoms with van der Waals surface area (Å²) in [6.45, 7) is 3.72. The molecule has 0 atom stereocenters. The first-order valence-corrected chi connectivity index (χ1v) is 9.39. The summed E-state index contributed by atoms with van der Waals surface area (Å²) < 4.78 is 1.96. The van der Waals surface area contributed by atoms with E-state index in [4.69, 9.17) is 0 Å². The molecule has 2 aliphatic rings. The fourth-order valence-electron chi connectivity index (χ4n) is 3.61. The molecule has 0 aromatic carbocycles. The summed E-state index contributed by atoms with van der Waals surface area (Å²) in [7, 11) is 3.94. The molecular formula is C18H29N5O2. The molecule has 7 nitrogen and oxygen atoms in total. The Kier molecular flexibility index (Phi) is 5.73. The van der Waals surface area contributed by atoms with Gasteiger partial charge < -0.3 is 19.7 Å². The van der Waals surface area contributed by atoms with E-state index in [-0.39, 0.29) is 11.8 Å². The van der Waals surface area contributed by atoms with Gasteiger partial charge in [-0.05, 0) is 52.6 Å². The second-order valence-electron chi connectivity index (χ2n) is 7.25. The predicted molar refractivity (Wildman–Crippen MR) is 95.8 cm³/mol. The Bertz CT molecular complexity index is 632. The van der Waals surface area contributed by atoms with Crippen molar-refractivity contribution in [1.82, 2.24) is 24.7 Å². The fraction of sp³-hybridized carbons (Fsp3) is 0.722. The smallest absolute Gasteiger partial charge is 0.287 e. The van der Waals surface area contributed by atoms with Crippen LogP contribution in [0.1, 0.15) is 58.9 Å². The number of likely N-dealkylation sites (N-methyl/N-ethyl adjacent to an activating group) is 1. The van der Waals surface area contributed by atoms with Gasteiger partial charge in [0.15, 0.2) is 5.82 Å².